The van der Waals surface area contributed by atoms with Crippen LogP contribution in [0.2, 0.25) is 0 Å². The summed E-state index contributed by atoms with van der Waals surface area (Å²) in [6, 6.07) is 3.44. The first-order chi connectivity index (χ1) is 8.36. The summed E-state index contributed by atoms with van der Waals surface area (Å²) in [6.07, 6.45) is 1.46. The van der Waals surface area contributed by atoms with Crippen molar-refractivity contribution in [1.82, 2.24) is 0 Å². The third kappa shape index (κ3) is 1.83. The number of Topliss-reactive ketones (excluding diaryl/α,β-unsaturated/α-hetero) is 1. The minimum Gasteiger partial charge on any atom is -0.301 e. The summed E-state index contributed by atoms with van der Waals surface area (Å²) in [5, 5.41) is 0. The molecule has 7 heteroatoms. The van der Waals surface area contributed by atoms with Gasteiger partial charge in [-0.05, 0) is 18.2 Å². The van der Waals surface area contributed by atoms with Crippen molar-refractivity contribution in [3.05, 3.63) is 36.4 Å². The fraction of sp³-hybridized carbons (Fsp3) is 0.0909. The van der Waals surface area contributed by atoms with Crippen LogP contribution in [0.15, 0.2) is 35.7 Å². The van der Waals surface area contributed by atoms with Gasteiger partial charge in [0, 0.05) is 6.54 Å². The molecule has 0 atom stereocenters. The Kier molecular flexibility index (Phi) is 2.80. The molecule has 1 aromatic rings. The van der Waals surface area contributed by atoms with E-state index >= 15 is 0 Å². The van der Waals surface area contributed by atoms with Crippen LogP contribution >= 0.6 is 0 Å². The maximum Gasteiger partial charge on any atom is 0.299 e. The van der Waals surface area contributed by atoms with Gasteiger partial charge in [0.1, 0.15) is 0 Å². The lowest BCUT2D eigenvalue weighted by Crippen LogP contribution is -2.29. The minimum atomic E-state index is -4.40. The maximum atomic E-state index is 11.7. The highest BCUT2D eigenvalue weighted by Crippen LogP contribution is 2.30. The van der Waals surface area contributed by atoms with E-state index < -0.39 is 26.7 Å². The normalized spacial score (nSPS) is 14.8. The van der Waals surface area contributed by atoms with Crippen molar-refractivity contribution in [1.29, 1.82) is 0 Å². The zero-order valence-corrected chi connectivity index (χ0v) is 9.98. The number of rotatable bonds is 3. The molecule has 0 saturated heterocycles. The van der Waals surface area contributed by atoms with E-state index in [0.29, 0.717) is 5.69 Å². The topological polar surface area (TPSA) is 91.8 Å². The summed E-state index contributed by atoms with van der Waals surface area (Å²) in [5.74, 6) is -1.53. The largest absolute Gasteiger partial charge is 0.301 e. The number of fused-ring (bicyclic) bond motifs is 1. The second-order valence-corrected chi connectivity index (χ2v) is 5.11. The maximum absolute atomic E-state index is 11.7. The number of hydrogen-bond donors (Lipinski definition) is 1. The molecule has 94 valence electrons. The van der Waals surface area contributed by atoms with Crippen LogP contribution in [-0.4, -0.2) is 31.2 Å². The molecule has 1 aromatic carbocycles. The first-order valence-electron chi connectivity index (χ1n) is 4.95. The van der Waals surface area contributed by atoms with Crippen LogP contribution in [0.4, 0.5) is 5.69 Å². The molecule has 18 heavy (non-hydrogen) atoms. The average Bonchev–Trinajstić information content (AvgIpc) is 2.54. The second-order valence-electron chi connectivity index (χ2n) is 3.69. The number of benzene rings is 1. The van der Waals surface area contributed by atoms with Crippen LogP contribution < -0.4 is 4.90 Å². The van der Waals surface area contributed by atoms with E-state index in [-0.39, 0.29) is 12.1 Å². The summed E-state index contributed by atoms with van der Waals surface area (Å²) in [7, 11) is -4.40. The number of anilines is 1. The van der Waals surface area contributed by atoms with E-state index in [1.807, 2.05) is 0 Å². The van der Waals surface area contributed by atoms with E-state index in [1.54, 1.807) is 0 Å². The third-order valence-corrected chi connectivity index (χ3v) is 3.40. The monoisotopic (exact) mass is 267 g/mol. The van der Waals surface area contributed by atoms with E-state index in [2.05, 4.69) is 6.58 Å². The highest BCUT2D eigenvalue weighted by molar-refractivity contribution is 7.85. The van der Waals surface area contributed by atoms with Crippen LogP contribution in [-0.2, 0) is 14.9 Å². The Morgan fingerprint density at radius 2 is 2.00 bits per heavy atom. The van der Waals surface area contributed by atoms with Crippen molar-refractivity contribution in [2.45, 2.75) is 4.90 Å². The first-order valence-corrected chi connectivity index (χ1v) is 6.39. The SMILES string of the molecule is C=CCN1C(=O)C(=O)c2cc(S(=O)(=O)O)ccc21. The van der Waals surface area contributed by atoms with Crippen LogP contribution in [0.5, 0.6) is 0 Å². The molecule has 0 bridgehead atoms. The summed E-state index contributed by atoms with van der Waals surface area (Å²) >= 11 is 0. The zero-order valence-electron chi connectivity index (χ0n) is 9.16. The fourth-order valence-corrected chi connectivity index (χ4v) is 2.26. The molecule has 0 unspecified atom stereocenters. The predicted octanol–water partition coefficient (Wildman–Crippen LogP) is 0.649. The Morgan fingerprint density at radius 3 is 2.56 bits per heavy atom. The van der Waals surface area contributed by atoms with Crippen molar-refractivity contribution in [2.24, 2.45) is 0 Å². The standard InChI is InChI=1S/C11H9NO5S/c1-2-5-12-9-4-3-7(18(15,16)17)6-8(9)10(13)11(12)14/h2-4,6H,1,5H2,(H,15,16,17). The summed E-state index contributed by atoms with van der Waals surface area (Å²) in [5.41, 5.74) is 0.286. The number of nitrogens with zero attached hydrogens (tertiary/aromatic N) is 1. The predicted molar refractivity (Wildman–Crippen MR) is 63.1 cm³/mol. The van der Waals surface area contributed by atoms with Gasteiger partial charge in [-0.25, -0.2) is 0 Å². The van der Waals surface area contributed by atoms with E-state index in [4.69, 9.17) is 4.55 Å². The van der Waals surface area contributed by atoms with Gasteiger partial charge in [-0.2, -0.15) is 8.42 Å². The smallest absolute Gasteiger partial charge is 0.299 e. The average molecular weight is 267 g/mol. The van der Waals surface area contributed by atoms with Gasteiger partial charge < -0.3 is 4.90 Å². The van der Waals surface area contributed by atoms with Gasteiger partial charge >= 0.3 is 0 Å². The zero-order chi connectivity index (χ0) is 13.5. The molecule has 0 aliphatic carbocycles. The molecule has 0 saturated carbocycles. The quantitative estimate of drug-likeness (QED) is 0.493. The highest BCUT2D eigenvalue weighted by atomic mass is 32.2. The Balaban J connectivity index is 2.60. The van der Waals surface area contributed by atoms with Crippen molar-refractivity contribution in [3.63, 3.8) is 0 Å². The Hall–Kier alpha value is -1.99. The Morgan fingerprint density at radius 1 is 1.33 bits per heavy atom. The van der Waals surface area contributed by atoms with E-state index in [9.17, 15) is 18.0 Å². The molecule has 1 amide bonds. The number of hydrogen-bond acceptors (Lipinski definition) is 4. The second kappa shape index (κ2) is 4.04. The first kappa shape index (κ1) is 12.5. The number of ketones is 1. The number of amides is 1. The molecule has 1 N–H and O–H groups in total. The van der Waals surface area contributed by atoms with Crippen LogP contribution in [0.1, 0.15) is 10.4 Å². The van der Waals surface area contributed by atoms with Crippen molar-refractivity contribution in [2.75, 3.05) is 11.4 Å². The van der Waals surface area contributed by atoms with Crippen molar-refractivity contribution < 1.29 is 22.6 Å². The molecular formula is C11H9NO5S. The van der Waals surface area contributed by atoms with Gasteiger partial charge in [0.05, 0.1) is 16.1 Å². The van der Waals surface area contributed by atoms with Gasteiger partial charge in [0.15, 0.2) is 0 Å². The molecule has 1 aliphatic heterocycles. The van der Waals surface area contributed by atoms with E-state index in [0.717, 1.165) is 12.1 Å². The lowest BCUT2D eigenvalue weighted by atomic mass is 10.1. The van der Waals surface area contributed by atoms with Gasteiger partial charge in [-0.3, -0.25) is 14.1 Å². The molecule has 0 spiro atoms. The number of carbonyl (C=O) groups excluding carboxylic acids is 2. The fourth-order valence-electron chi connectivity index (χ4n) is 1.75. The molecule has 0 fully saturated rings. The van der Waals surface area contributed by atoms with Gasteiger partial charge in [-0.1, -0.05) is 6.08 Å². The molecule has 6 nitrogen and oxygen atoms in total. The number of carbonyl (C=O) groups is 2. The lowest BCUT2D eigenvalue weighted by Gasteiger charge is -2.13. The van der Waals surface area contributed by atoms with Crippen LogP contribution in [0, 0.1) is 0 Å². The van der Waals surface area contributed by atoms with Gasteiger partial charge in [0.25, 0.3) is 21.8 Å². The van der Waals surface area contributed by atoms with Crippen LogP contribution in [0.25, 0.3) is 0 Å². The molecule has 0 aromatic heterocycles. The van der Waals surface area contributed by atoms with Gasteiger partial charge in [0.2, 0.25) is 0 Å². The Bertz CT molecular complexity index is 662. The minimum absolute atomic E-state index is 0.0306. The van der Waals surface area contributed by atoms with Crippen LogP contribution in [0.3, 0.4) is 0 Å². The molecule has 2 rings (SSSR count). The molecule has 1 heterocycles. The van der Waals surface area contributed by atoms with Crippen molar-refractivity contribution in [3.8, 4) is 0 Å². The third-order valence-electron chi connectivity index (χ3n) is 2.55. The summed E-state index contributed by atoms with van der Waals surface area (Å²) in [4.78, 5) is 24.1. The molecule has 1 aliphatic rings. The Labute approximate surface area is 103 Å². The lowest BCUT2D eigenvalue weighted by molar-refractivity contribution is -0.114. The molecule has 0 radical (unpaired) electrons. The van der Waals surface area contributed by atoms with E-state index in [1.165, 1.54) is 17.0 Å². The van der Waals surface area contributed by atoms with Gasteiger partial charge in [-0.15, -0.1) is 6.58 Å². The summed E-state index contributed by atoms with van der Waals surface area (Å²) < 4.78 is 30.8. The van der Waals surface area contributed by atoms with Crippen molar-refractivity contribution >= 4 is 27.5 Å². The molecular weight excluding hydrogens is 258 g/mol. The highest BCUT2D eigenvalue weighted by Gasteiger charge is 2.35. The summed E-state index contributed by atoms with van der Waals surface area (Å²) in [6.45, 7) is 3.63.